The fourth-order valence-corrected chi connectivity index (χ4v) is 4.06. The van der Waals surface area contributed by atoms with Crippen LogP contribution in [0.5, 0.6) is 5.75 Å². The molecule has 1 atom stereocenters. The number of nitrogens with zero attached hydrogens (tertiary/aromatic N) is 2. The Labute approximate surface area is 197 Å². The molecule has 1 aliphatic heterocycles. The Morgan fingerprint density at radius 2 is 1.79 bits per heavy atom. The Kier molecular flexibility index (Phi) is 5.96. The highest BCUT2D eigenvalue weighted by Crippen LogP contribution is 2.43. The summed E-state index contributed by atoms with van der Waals surface area (Å²) in [5.41, 5.74) is 1.75. The van der Waals surface area contributed by atoms with Crippen molar-refractivity contribution in [3.05, 3.63) is 95.1 Å². The second-order valence-electron chi connectivity index (χ2n) is 9.10. The molecule has 0 saturated carbocycles. The number of ketones is 1. The van der Waals surface area contributed by atoms with Crippen molar-refractivity contribution in [3.8, 4) is 5.75 Å². The molecule has 3 aromatic rings. The number of amides is 1. The predicted molar refractivity (Wildman–Crippen MR) is 127 cm³/mol. The van der Waals surface area contributed by atoms with Gasteiger partial charge in [-0.05, 0) is 59.0 Å². The molecule has 1 amide bonds. The van der Waals surface area contributed by atoms with Crippen molar-refractivity contribution < 1.29 is 23.8 Å². The highest BCUT2D eigenvalue weighted by molar-refractivity contribution is 6.51. The molecule has 2 aromatic carbocycles. The van der Waals surface area contributed by atoms with E-state index in [1.54, 1.807) is 30.5 Å². The number of benzene rings is 2. The lowest BCUT2D eigenvalue weighted by molar-refractivity contribution is -0.132. The summed E-state index contributed by atoms with van der Waals surface area (Å²) in [5, 5.41) is 11.5. The van der Waals surface area contributed by atoms with Crippen LogP contribution in [0.2, 0.25) is 0 Å². The number of carbonyl (C=O) groups is 2. The van der Waals surface area contributed by atoms with Gasteiger partial charge in [0, 0.05) is 18.1 Å². The van der Waals surface area contributed by atoms with Crippen LogP contribution >= 0.6 is 0 Å². The number of rotatable bonds is 4. The molecule has 2 heterocycles. The first-order valence-electron chi connectivity index (χ1n) is 10.8. The number of hydrogen-bond donors (Lipinski definition) is 1. The molecule has 0 spiro atoms. The Morgan fingerprint density at radius 3 is 2.38 bits per heavy atom. The molecule has 4 rings (SSSR count). The first-order chi connectivity index (χ1) is 16.1. The summed E-state index contributed by atoms with van der Waals surface area (Å²) in [6, 6.07) is 13.1. The van der Waals surface area contributed by atoms with Crippen LogP contribution in [-0.2, 0) is 15.0 Å². The fourth-order valence-electron chi connectivity index (χ4n) is 4.06. The lowest BCUT2D eigenvalue weighted by Gasteiger charge is -2.25. The van der Waals surface area contributed by atoms with E-state index in [4.69, 9.17) is 4.74 Å². The van der Waals surface area contributed by atoms with Gasteiger partial charge in [-0.3, -0.25) is 19.5 Å². The molecule has 34 heavy (non-hydrogen) atoms. The van der Waals surface area contributed by atoms with E-state index >= 15 is 0 Å². The second-order valence-corrected chi connectivity index (χ2v) is 9.10. The number of anilines is 1. The van der Waals surface area contributed by atoms with E-state index in [0.29, 0.717) is 22.6 Å². The summed E-state index contributed by atoms with van der Waals surface area (Å²) >= 11 is 0. The Hall–Kier alpha value is -4.00. The summed E-state index contributed by atoms with van der Waals surface area (Å²) in [5.74, 6) is -2.13. The molecule has 0 radical (unpaired) electrons. The molecule has 174 valence electrons. The minimum Gasteiger partial charge on any atom is -0.507 e. The zero-order valence-electron chi connectivity index (χ0n) is 19.4. The van der Waals surface area contributed by atoms with Gasteiger partial charge in [0.25, 0.3) is 11.7 Å². The smallest absolute Gasteiger partial charge is 0.300 e. The maximum absolute atomic E-state index is 13.6. The van der Waals surface area contributed by atoms with Crippen molar-refractivity contribution in [2.45, 2.75) is 32.2 Å². The summed E-state index contributed by atoms with van der Waals surface area (Å²) in [4.78, 5) is 31.9. The molecule has 1 aromatic heterocycles. The summed E-state index contributed by atoms with van der Waals surface area (Å²) < 4.78 is 19.0. The highest BCUT2D eigenvalue weighted by Gasteiger charge is 2.47. The van der Waals surface area contributed by atoms with Gasteiger partial charge in [0.1, 0.15) is 17.3 Å². The molecule has 1 aliphatic rings. The Balaban J connectivity index is 1.98. The van der Waals surface area contributed by atoms with Crippen LogP contribution in [0.25, 0.3) is 5.76 Å². The van der Waals surface area contributed by atoms with E-state index in [9.17, 15) is 19.1 Å². The van der Waals surface area contributed by atoms with Crippen molar-refractivity contribution in [1.29, 1.82) is 0 Å². The van der Waals surface area contributed by atoms with Gasteiger partial charge in [-0.25, -0.2) is 4.39 Å². The largest absolute Gasteiger partial charge is 0.507 e. The first-order valence-corrected chi connectivity index (χ1v) is 10.8. The minimum atomic E-state index is -0.956. The molecule has 1 unspecified atom stereocenters. The van der Waals surface area contributed by atoms with Crippen LogP contribution in [-0.4, -0.2) is 28.9 Å². The lowest BCUT2D eigenvalue weighted by atomic mass is 9.85. The monoisotopic (exact) mass is 460 g/mol. The molecular formula is C27H25FN2O4. The number of carbonyl (C=O) groups excluding carboxylic acids is 2. The standard InChI is InChI=1S/C27H25FN2O4/c1-27(2,3)17-7-12-21(34-4)20(14-17)24(31)22-23(16-6-5-13-29-15-16)30(26(33)25(22)32)19-10-8-18(28)9-11-19/h5-15,23,31H,1-4H3/b24-22+. The summed E-state index contributed by atoms with van der Waals surface area (Å²) in [7, 11) is 1.47. The van der Waals surface area contributed by atoms with Crippen LogP contribution in [0.1, 0.15) is 43.5 Å². The normalized spacial score (nSPS) is 17.8. The maximum atomic E-state index is 13.6. The van der Waals surface area contributed by atoms with Gasteiger partial charge in [0.2, 0.25) is 0 Å². The number of aliphatic hydroxyl groups excluding tert-OH is 1. The maximum Gasteiger partial charge on any atom is 0.300 e. The zero-order chi connectivity index (χ0) is 24.6. The van der Waals surface area contributed by atoms with Gasteiger partial charge in [-0.15, -0.1) is 0 Å². The fraction of sp³-hybridized carbons (Fsp3) is 0.222. The van der Waals surface area contributed by atoms with E-state index in [1.807, 2.05) is 26.8 Å². The molecule has 0 aliphatic carbocycles. The third-order valence-electron chi connectivity index (χ3n) is 5.87. The number of Topliss-reactive ketones (excluding diaryl/α,β-unsaturated/α-hetero) is 1. The minimum absolute atomic E-state index is 0.0910. The third-order valence-corrected chi connectivity index (χ3v) is 5.87. The summed E-state index contributed by atoms with van der Waals surface area (Å²) in [6.07, 6.45) is 3.10. The zero-order valence-corrected chi connectivity index (χ0v) is 19.4. The Bertz CT molecular complexity index is 1280. The van der Waals surface area contributed by atoms with Crippen molar-refractivity contribution in [3.63, 3.8) is 0 Å². The molecule has 0 bridgehead atoms. The van der Waals surface area contributed by atoms with Gasteiger partial charge >= 0.3 is 0 Å². The van der Waals surface area contributed by atoms with Gasteiger partial charge in [-0.1, -0.05) is 32.9 Å². The van der Waals surface area contributed by atoms with E-state index in [0.717, 1.165) is 5.56 Å². The number of pyridine rings is 1. The van der Waals surface area contributed by atoms with E-state index in [1.165, 1.54) is 42.5 Å². The number of aliphatic hydroxyl groups is 1. The molecule has 1 N–H and O–H groups in total. The van der Waals surface area contributed by atoms with Crippen LogP contribution in [0.3, 0.4) is 0 Å². The number of methoxy groups -OCH3 is 1. The van der Waals surface area contributed by atoms with Gasteiger partial charge in [-0.2, -0.15) is 0 Å². The Morgan fingerprint density at radius 1 is 1.09 bits per heavy atom. The average molecular weight is 461 g/mol. The molecular weight excluding hydrogens is 435 g/mol. The summed E-state index contributed by atoms with van der Waals surface area (Å²) in [6.45, 7) is 6.09. The van der Waals surface area contributed by atoms with Gasteiger partial charge in [0.15, 0.2) is 0 Å². The van der Waals surface area contributed by atoms with Gasteiger partial charge < -0.3 is 9.84 Å². The topological polar surface area (TPSA) is 79.7 Å². The third kappa shape index (κ3) is 4.05. The number of hydrogen-bond acceptors (Lipinski definition) is 5. The van der Waals surface area contributed by atoms with E-state index < -0.39 is 23.5 Å². The van der Waals surface area contributed by atoms with Crippen molar-refractivity contribution >= 4 is 23.1 Å². The van der Waals surface area contributed by atoms with Gasteiger partial charge in [0.05, 0.1) is 24.3 Å². The lowest BCUT2D eigenvalue weighted by Crippen LogP contribution is -2.29. The quantitative estimate of drug-likeness (QED) is 0.331. The number of ether oxygens (including phenoxy) is 1. The van der Waals surface area contributed by atoms with Crippen LogP contribution in [0.4, 0.5) is 10.1 Å². The van der Waals surface area contributed by atoms with Crippen molar-refractivity contribution in [2.75, 3.05) is 12.0 Å². The predicted octanol–water partition coefficient (Wildman–Crippen LogP) is 5.15. The second kappa shape index (κ2) is 8.74. The molecule has 1 fully saturated rings. The average Bonchev–Trinajstić information content (AvgIpc) is 3.09. The van der Waals surface area contributed by atoms with Crippen molar-refractivity contribution in [2.24, 2.45) is 0 Å². The van der Waals surface area contributed by atoms with Crippen LogP contribution < -0.4 is 9.64 Å². The SMILES string of the molecule is COc1ccc(C(C)(C)C)cc1/C(O)=C1\C(=O)C(=O)N(c2ccc(F)cc2)C1c1cccnc1. The van der Waals surface area contributed by atoms with E-state index in [-0.39, 0.29) is 16.7 Å². The van der Waals surface area contributed by atoms with E-state index in [2.05, 4.69) is 4.98 Å². The number of halogens is 1. The molecule has 1 saturated heterocycles. The highest BCUT2D eigenvalue weighted by atomic mass is 19.1. The van der Waals surface area contributed by atoms with Crippen LogP contribution in [0.15, 0.2) is 72.6 Å². The van der Waals surface area contributed by atoms with Crippen molar-refractivity contribution in [1.82, 2.24) is 4.98 Å². The molecule has 7 heteroatoms. The first kappa shape index (κ1) is 23.2. The number of aromatic nitrogens is 1. The van der Waals surface area contributed by atoms with Crippen LogP contribution in [0, 0.1) is 5.82 Å². The molecule has 6 nitrogen and oxygen atoms in total.